The predicted molar refractivity (Wildman–Crippen MR) is 150 cm³/mol. The lowest BCUT2D eigenvalue weighted by atomic mass is 10.0. The van der Waals surface area contributed by atoms with Crippen LogP contribution in [0.1, 0.15) is 60.3 Å². The summed E-state index contributed by atoms with van der Waals surface area (Å²) in [7, 11) is 1.62. The minimum absolute atomic E-state index is 0.177. The number of aromatic nitrogens is 5. The minimum Gasteiger partial charge on any atom is -0.497 e. The summed E-state index contributed by atoms with van der Waals surface area (Å²) < 4.78 is 21.2. The molecule has 0 spiro atoms. The molecule has 1 atom stereocenters. The van der Waals surface area contributed by atoms with Crippen LogP contribution < -0.4 is 10.3 Å². The summed E-state index contributed by atoms with van der Waals surface area (Å²) in [6.07, 6.45) is 4.22. The fourth-order valence-electron chi connectivity index (χ4n) is 5.70. The summed E-state index contributed by atoms with van der Waals surface area (Å²) in [6.45, 7) is 0.975. The van der Waals surface area contributed by atoms with Crippen molar-refractivity contribution in [2.75, 3.05) is 7.11 Å². The maximum atomic E-state index is 13.8. The van der Waals surface area contributed by atoms with Crippen molar-refractivity contribution in [1.82, 2.24) is 30.1 Å². The zero-order valence-corrected chi connectivity index (χ0v) is 22.3. The Hall–Kier alpha value is -4.37. The molecule has 204 valence electrons. The number of nitrogens with zero attached hydrogens (tertiary/aromatic N) is 5. The number of benzene rings is 3. The average molecular weight is 539 g/mol. The number of fused-ring (bicyclic) bond motifs is 1. The highest BCUT2D eigenvalue weighted by molar-refractivity contribution is 5.80. The molecule has 1 aliphatic rings. The molecule has 8 nitrogen and oxygen atoms in total. The Kier molecular flexibility index (Phi) is 7.37. The summed E-state index contributed by atoms with van der Waals surface area (Å²) in [5.74, 6) is 1.03. The summed E-state index contributed by atoms with van der Waals surface area (Å²) in [6, 6.07) is 23.7. The van der Waals surface area contributed by atoms with Crippen LogP contribution in [0.2, 0.25) is 0 Å². The Morgan fingerprint density at radius 3 is 2.45 bits per heavy atom. The van der Waals surface area contributed by atoms with Crippen molar-refractivity contribution in [2.45, 2.75) is 50.9 Å². The van der Waals surface area contributed by atoms with Crippen LogP contribution in [0.5, 0.6) is 5.75 Å². The van der Waals surface area contributed by atoms with Gasteiger partial charge in [-0.2, -0.15) is 0 Å². The van der Waals surface area contributed by atoms with Gasteiger partial charge in [0.1, 0.15) is 17.6 Å². The largest absolute Gasteiger partial charge is 0.497 e. The topological polar surface area (TPSA) is 88.9 Å². The zero-order valence-electron chi connectivity index (χ0n) is 22.3. The van der Waals surface area contributed by atoms with Crippen LogP contribution in [0.15, 0.2) is 83.7 Å². The SMILES string of the molecule is COc1ccc2[nH]c(=O)c([C@H](c3nnnn3C3CCCC3)N(Cc3ccccc3)Cc3ccc(F)cc3)cc2c1. The third-order valence-corrected chi connectivity index (χ3v) is 7.70. The van der Waals surface area contributed by atoms with Gasteiger partial charge in [0.15, 0.2) is 5.82 Å². The van der Waals surface area contributed by atoms with Gasteiger partial charge in [0.25, 0.3) is 5.56 Å². The van der Waals surface area contributed by atoms with Gasteiger partial charge in [-0.15, -0.1) is 5.10 Å². The highest BCUT2D eigenvalue weighted by atomic mass is 19.1. The monoisotopic (exact) mass is 538 g/mol. The summed E-state index contributed by atoms with van der Waals surface area (Å²) in [5, 5.41) is 13.9. The molecule has 0 unspecified atom stereocenters. The molecule has 0 bridgehead atoms. The standard InChI is InChI=1S/C31H31FN6O2/c1-40-26-15-16-28-23(17-26)18-27(31(39)33-28)29(30-34-35-36-38(30)25-9-5-6-10-25)37(19-21-7-3-2-4-8-21)20-22-11-13-24(32)14-12-22/h2-4,7-8,11-18,25,29H,5-6,9-10,19-20H2,1H3,(H,33,39)/t29-/m1/s1. The number of methoxy groups -OCH3 is 1. The molecule has 0 amide bonds. The molecule has 5 aromatic rings. The van der Waals surface area contributed by atoms with Crippen LogP contribution in [0.25, 0.3) is 10.9 Å². The van der Waals surface area contributed by atoms with Gasteiger partial charge in [-0.05, 0) is 70.8 Å². The van der Waals surface area contributed by atoms with E-state index in [1.807, 2.05) is 47.1 Å². The molecule has 1 N–H and O–H groups in total. The number of pyridine rings is 1. The highest BCUT2D eigenvalue weighted by Crippen LogP contribution is 2.35. The first-order chi connectivity index (χ1) is 19.6. The Labute approximate surface area is 231 Å². The fraction of sp³-hybridized carbons (Fsp3) is 0.290. The van der Waals surface area contributed by atoms with E-state index < -0.39 is 6.04 Å². The van der Waals surface area contributed by atoms with E-state index in [1.165, 1.54) is 12.1 Å². The molecule has 2 aromatic heterocycles. The Balaban J connectivity index is 1.54. The van der Waals surface area contributed by atoms with E-state index in [9.17, 15) is 9.18 Å². The van der Waals surface area contributed by atoms with Crippen LogP contribution >= 0.6 is 0 Å². The molecule has 0 radical (unpaired) electrons. The summed E-state index contributed by atoms with van der Waals surface area (Å²) in [5.41, 5.74) is 3.04. The zero-order chi connectivity index (χ0) is 27.5. The van der Waals surface area contributed by atoms with Crippen molar-refractivity contribution < 1.29 is 9.13 Å². The minimum atomic E-state index is -0.569. The molecule has 9 heteroatoms. The van der Waals surface area contributed by atoms with Crippen LogP contribution in [-0.2, 0) is 13.1 Å². The first-order valence-corrected chi connectivity index (χ1v) is 13.6. The molecule has 2 heterocycles. The lowest BCUT2D eigenvalue weighted by Gasteiger charge is -2.32. The third kappa shape index (κ3) is 5.37. The Morgan fingerprint density at radius 2 is 1.73 bits per heavy atom. The smallest absolute Gasteiger partial charge is 0.253 e. The van der Waals surface area contributed by atoms with Gasteiger partial charge < -0.3 is 9.72 Å². The number of ether oxygens (including phenoxy) is 1. The average Bonchev–Trinajstić information content (AvgIpc) is 3.68. The predicted octanol–water partition coefficient (Wildman–Crippen LogP) is 5.57. The molecule has 40 heavy (non-hydrogen) atoms. The number of hydrogen-bond acceptors (Lipinski definition) is 6. The molecular formula is C31H31FN6O2. The van der Waals surface area contributed by atoms with Gasteiger partial charge in [0, 0.05) is 29.6 Å². The molecule has 3 aromatic carbocycles. The van der Waals surface area contributed by atoms with E-state index >= 15 is 0 Å². The van der Waals surface area contributed by atoms with Gasteiger partial charge in [0.05, 0.1) is 13.2 Å². The van der Waals surface area contributed by atoms with Gasteiger partial charge >= 0.3 is 0 Å². The maximum Gasteiger partial charge on any atom is 0.253 e. The van der Waals surface area contributed by atoms with E-state index in [1.54, 1.807) is 19.2 Å². The maximum absolute atomic E-state index is 13.8. The van der Waals surface area contributed by atoms with Gasteiger partial charge in [0.2, 0.25) is 0 Å². The number of H-pyrrole nitrogens is 1. The van der Waals surface area contributed by atoms with Crippen molar-refractivity contribution in [2.24, 2.45) is 0 Å². The van der Waals surface area contributed by atoms with Crippen LogP contribution in [0.4, 0.5) is 4.39 Å². The van der Waals surface area contributed by atoms with Crippen LogP contribution in [0.3, 0.4) is 0 Å². The number of nitrogens with one attached hydrogen (secondary N) is 1. The van der Waals surface area contributed by atoms with Gasteiger partial charge in [-0.3, -0.25) is 9.69 Å². The quantitative estimate of drug-likeness (QED) is 0.264. The number of hydrogen-bond donors (Lipinski definition) is 1. The van der Waals surface area contributed by atoms with E-state index in [-0.39, 0.29) is 17.4 Å². The third-order valence-electron chi connectivity index (χ3n) is 7.70. The van der Waals surface area contributed by atoms with E-state index in [0.29, 0.717) is 30.2 Å². The molecule has 1 saturated carbocycles. The normalized spacial score (nSPS) is 14.7. The van der Waals surface area contributed by atoms with E-state index in [0.717, 1.165) is 47.7 Å². The second-order valence-electron chi connectivity index (χ2n) is 10.3. The molecule has 1 aliphatic carbocycles. The fourth-order valence-corrected chi connectivity index (χ4v) is 5.70. The molecule has 0 aliphatic heterocycles. The molecule has 0 saturated heterocycles. The lowest BCUT2D eigenvalue weighted by Crippen LogP contribution is -2.35. The number of tetrazole rings is 1. The van der Waals surface area contributed by atoms with Crippen molar-refractivity contribution in [1.29, 1.82) is 0 Å². The number of rotatable bonds is 9. The first-order valence-electron chi connectivity index (χ1n) is 13.6. The summed E-state index contributed by atoms with van der Waals surface area (Å²) >= 11 is 0. The second kappa shape index (κ2) is 11.4. The lowest BCUT2D eigenvalue weighted by molar-refractivity contribution is 0.190. The van der Waals surface area contributed by atoms with E-state index in [2.05, 4.69) is 37.5 Å². The van der Waals surface area contributed by atoms with Crippen LogP contribution in [-0.4, -0.2) is 37.2 Å². The van der Waals surface area contributed by atoms with Crippen molar-refractivity contribution in [3.63, 3.8) is 0 Å². The van der Waals surface area contributed by atoms with Crippen molar-refractivity contribution in [3.05, 3.63) is 118 Å². The number of halogens is 1. The van der Waals surface area contributed by atoms with Crippen molar-refractivity contribution in [3.8, 4) is 5.75 Å². The first kappa shape index (κ1) is 25.9. The second-order valence-corrected chi connectivity index (χ2v) is 10.3. The Bertz CT molecular complexity index is 1640. The van der Waals surface area contributed by atoms with Gasteiger partial charge in [-0.25, -0.2) is 9.07 Å². The summed E-state index contributed by atoms with van der Waals surface area (Å²) in [4.78, 5) is 19.0. The van der Waals surface area contributed by atoms with E-state index in [4.69, 9.17) is 4.74 Å². The molecule has 6 rings (SSSR count). The molecule has 1 fully saturated rings. The number of aromatic amines is 1. The van der Waals surface area contributed by atoms with Gasteiger partial charge in [-0.1, -0.05) is 55.3 Å². The van der Waals surface area contributed by atoms with Crippen molar-refractivity contribution >= 4 is 10.9 Å². The van der Waals surface area contributed by atoms with Crippen LogP contribution in [0, 0.1) is 5.82 Å². The highest BCUT2D eigenvalue weighted by Gasteiger charge is 2.33. The Morgan fingerprint density at radius 1 is 1.00 bits per heavy atom. The molecular weight excluding hydrogens is 507 g/mol.